The third-order valence-electron chi connectivity index (χ3n) is 4.68. The van der Waals surface area contributed by atoms with Gasteiger partial charge in [0.1, 0.15) is 5.75 Å². The molecular weight excluding hydrogens is 304 g/mol. The minimum absolute atomic E-state index is 0.0847. The quantitative estimate of drug-likeness (QED) is 0.736. The summed E-state index contributed by atoms with van der Waals surface area (Å²) in [7, 11) is 1.68. The average Bonchev–Trinajstić information content (AvgIpc) is 3.21. The summed E-state index contributed by atoms with van der Waals surface area (Å²) in [5, 5.41) is 4.41. The van der Waals surface area contributed by atoms with E-state index in [1.165, 1.54) is 5.56 Å². The van der Waals surface area contributed by atoms with Gasteiger partial charge in [-0.3, -0.25) is 9.30 Å². The maximum absolute atomic E-state index is 12.4. The minimum Gasteiger partial charge on any atom is -0.497 e. The first kappa shape index (κ1) is 15.0. The molecule has 0 aliphatic carbocycles. The van der Waals surface area contributed by atoms with Crippen molar-refractivity contribution < 1.29 is 4.74 Å². The van der Waals surface area contributed by atoms with Crippen LogP contribution < -0.4 is 10.4 Å². The number of nitrogens with zero attached hydrogens (tertiary/aromatic N) is 4. The van der Waals surface area contributed by atoms with E-state index < -0.39 is 0 Å². The molecule has 124 valence electrons. The van der Waals surface area contributed by atoms with Crippen molar-refractivity contribution in [3.8, 4) is 5.75 Å². The molecule has 0 radical (unpaired) electrons. The number of fused-ring (bicyclic) bond motifs is 1. The topological polar surface area (TPSA) is 51.8 Å². The number of hydrogen-bond donors (Lipinski definition) is 0. The Kier molecular flexibility index (Phi) is 3.82. The smallest absolute Gasteiger partial charge is 0.351 e. The third-order valence-corrected chi connectivity index (χ3v) is 4.68. The van der Waals surface area contributed by atoms with Crippen LogP contribution in [0.1, 0.15) is 17.9 Å². The summed E-state index contributed by atoms with van der Waals surface area (Å²) in [6.07, 6.45) is 2.85. The Hall–Kier alpha value is -2.60. The molecule has 0 bridgehead atoms. The second-order valence-corrected chi connectivity index (χ2v) is 6.19. The van der Waals surface area contributed by atoms with Crippen molar-refractivity contribution in [3.63, 3.8) is 0 Å². The Balaban J connectivity index is 1.48. The van der Waals surface area contributed by atoms with E-state index in [1.54, 1.807) is 22.4 Å². The van der Waals surface area contributed by atoms with E-state index in [0.29, 0.717) is 18.2 Å². The van der Waals surface area contributed by atoms with Crippen LogP contribution in [0.25, 0.3) is 5.65 Å². The zero-order chi connectivity index (χ0) is 16.5. The summed E-state index contributed by atoms with van der Waals surface area (Å²) in [4.78, 5) is 14.6. The summed E-state index contributed by atoms with van der Waals surface area (Å²) in [6.45, 7) is 2.44. The zero-order valence-corrected chi connectivity index (χ0v) is 13.6. The number of methoxy groups -OCH3 is 1. The number of likely N-dealkylation sites (tertiary alicyclic amines) is 1. The van der Waals surface area contributed by atoms with Gasteiger partial charge in [-0.25, -0.2) is 4.79 Å². The molecule has 24 heavy (non-hydrogen) atoms. The summed E-state index contributed by atoms with van der Waals surface area (Å²) < 4.78 is 8.34. The van der Waals surface area contributed by atoms with Gasteiger partial charge in [0.15, 0.2) is 5.65 Å². The van der Waals surface area contributed by atoms with Crippen molar-refractivity contribution in [3.05, 3.63) is 64.7 Å². The Morgan fingerprint density at radius 3 is 2.79 bits per heavy atom. The fraction of sp³-hybridized carbons (Fsp3) is 0.333. The predicted octanol–water partition coefficient (Wildman–Crippen LogP) is 1.95. The van der Waals surface area contributed by atoms with Crippen LogP contribution in [-0.2, 0) is 6.67 Å². The van der Waals surface area contributed by atoms with Gasteiger partial charge in [-0.2, -0.15) is 4.68 Å². The predicted molar refractivity (Wildman–Crippen MR) is 91.4 cm³/mol. The molecule has 0 amide bonds. The van der Waals surface area contributed by atoms with Crippen LogP contribution in [0.5, 0.6) is 5.75 Å². The van der Waals surface area contributed by atoms with Crippen LogP contribution in [0.2, 0.25) is 0 Å². The highest BCUT2D eigenvalue weighted by atomic mass is 16.5. The largest absolute Gasteiger partial charge is 0.497 e. The standard InChI is InChI=1S/C18H20N4O2/c1-24-16-7-5-14(6-8-16)15-9-11-20(12-15)13-22-18(23)21-10-3-2-4-17(21)19-22/h2-8,10,15H,9,11-13H2,1H3/t15-/m0/s1. The fourth-order valence-corrected chi connectivity index (χ4v) is 3.36. The van der Waals surface area contributed by atoms with Crippen LogP contribution >= 0.6 is 0 Å². The van der Waals surface area contributed by atoms with Crippen LogP contribution in [0, 0.1) is 0 Å². The highest BCUT2D eigenvalue weighted by Gasteiger charge is 2.24. The third kappa shape index (κ3) is 2.69. The van der Waals surface area contributed by atoms with Crippen molar-refractivity contribution >= 4 is 5.65 Å². The molecule has 3 aromatic rings. The Bertz CT molecular complexity index is 897. The van der Waals surface area contributed by atoms with E-state index in [9.17, 15) is 4.79 Å². The van der Waals surface area contributed by atoms with E-state index in [1.807, 2.05) is 30.3 Å². The molecule has 1 aliphatic heterocycles. The number of pyridine rings is 1. The molecule has 6 nitrogen and oxygen atoms in total. The normalized spacial score (nSPS) is 18.3. The van der Waals surface area contributed by atoms with Gasteiger partial charge in [0.2, 0.25) is 0 Å². The first-order valence-corrected chi connectivity index (χ1v) is 8.15. The molecule has 4 rings (SSSR count). The fourth-order valence-electron chi connectivity index (χ4n) is 3.36. The Morgan fingerprint density at radius 2 is 2.04 bits per heavy atom. The summed E-state index contributed by atoms with van der Waals surface area (Å²) in [5.41, 5.74) is 1.92. The monoisotopic (exact) mass is 324 g/mol. The maximum atomic E-state index is 12.4. The molecule has 3 heterocycles. The lowest BCUT2D eigenvalue weighted by Crippen LogP contribution is -2.31. The van der Waals surface area contributed by atoms with Gasteiger partial charge in [0.25, 0.3) is 0 Å². The highest BCUT2D eigenvalue weighted by molar-refractivity contribution is 5.35. The van der Waals surface area contributed by atoms with Gasteiger partial charge in [-0.1, -0.05) is 18.2 Å². The summed E-state index contributed by atoms with van der Waals surface area (Å²) in [6, 6.07) is 13.9. The number of rotatable bonds is 4. The van der Waals surface area contributed by atoms with E-state index >= 15 is 0 Å². The summed E-state index contributed by atoms with van der Waals surface area (Å²) >= 11 is 0. The zero-order valence-electron chi connectivity index (χ0n) is 13.6. The number of benzene rings is 1. The molecule has 1 atom stereocenters. The molecule has 6 heteroatoms. The molecular formula is C18H20N4O2. The first-order valence-electron chi connectivity index (χ1n) is 8.15. The molecule has 1 fully saturated rings. The molecule has 1 aliphatic rings. The van der Waals surface area contributed by atoms with E-state index in [-0.39, 0.29) is 5.69 Å². The molecule has 0 unspecified atom stereocenters. The SMILES string of the molecule is COc1ccc([C@H]2CCN(Cn3nc4ccccn4c3=O)C2)cc1. The molecule has 2 aromatic heterocycles. The van der Waals surface area contributed by atoms with Crippen LogP contribution in [0.4, 0.5) is 0 Å². The molecule has 1 saturated heterocycles. The van der Waals surface area contributed by atoms with Gasteiger partial charge in [0.05, 0.1) is 13.8 Å². The second kappa shape index (κ2) is 6.13. The van der Waals surface area contributed by atoms with Crippen molar-refractivity contribution in [2.75, 3.05) is 20.2 Å². The number of ether oxygens (including phenoxy) is 1. The van der Waals surface area contributed by atoms with Crippen molar-refractivity contribution in [1.82, 2.24) is 19.1 Å². The first-order chi connectivity index (χ1) is 11.7. The Labute approximate surface area is 139 Å². The van der Waals surface area contributed by atoms with E-state index in [0.717, 1.165) is 25.3 Å². The maximum Gasteiger partial charge on any atom is 0.351 e. The second-order valence-electron chi connectivity index (χ2n) is 6.19. The van der Waals surface area contributed by atoms with Crippen LogP contribution in [0.15, 0.2) is 53.5 Å². The van der Waals surface area contributed by atoms with Crippen LogP contribution in [0.3, 0.4) is 0 Å². The van der Waals surface area contributed by atoms with Crippen molar-refractivity contribution in [2.24, 2.45) is 0 Å². The van der Waals surface area contributed by atoms with Gasteiger partial charge < -0.3 is 4.74 Å². The number of aromatic nitrogens is 3. The highest BCUT2D eigenvalue weighted by Crippen LogP contribution is 2.28. The van der Waals surface area contributed by atoms with Crippen molar-refractivity contribution in [2.45, 2.75) is 19.0 Å². The minimum atomic E-state index is -0.0847. The van der Waals surface area contributed by atoms with Gasteiger partial charge in [-0.05, 0) is 42.2 Å². The molecule has 0 N–H and O–H groups in total. The summed E-state index contributed by atoms with van der Waals surface area (Å²) in [5.74, 6) is 1.37. The van der Waals surface area contributed by atoms with Gasteiger partial charge in [-0.15, -0.1) is 5.10 Å². The van der Waals surface area contributed by atoms with Crippen LogP contribution in [-0.4, -0.2) is 39.3 Å². The molecule has 0 saturated carbocycles. The Morgan fingerprint density at radius 1 is 1.21 bits per heavy atom. The average molecular weight is 324 g/mol. The van der Waals surface area contributed by atoms with Gasteiger partial charge in [0, 0.05) is 19.3 Å². The molecule has 0 spiro atoms. The van der Waals surface area contributed by atoms with Gasteiger partial charge >= 0.3 is 5.69 Å². The lowest BCUT2D eigenvalue weighted by molar-refractivity contribution is 0.248. The number of hydrogen-bond acceptors (Lipinski definition) is 4. The lowest BCUT2D eigenvalue weighted by atomic mass is 9.98. The van der Waals surface area contributed by atoms with Crippen molar-refractivity contribution in [1.29, 1.82) is 0 Å². The lowest BCUT2D eigenvalue weighted by Gasteiger charge is -2.15. The molecule has 1 aromatic carbocycles. The van der Waals surface area contributed by atoms with E-state index in [2.05, 4.69) is 22.1 Å². The van der Waals surface area contributed by atoms with E-state index in [4.69, 9.17) is 4.74 Å².